The molecule has 1 aromatic rings. The molecule has 0 saturated heterocycles. The maximum Gasteiger partial charge on any atom is 0.263 e. The molecule has 23 heavy (non-hydrogen) atoms. The van der Waals surface area contributed by atoms with E-state index in [1.165, 1.54) is 25.4 Å². The van der Waals surface area contributed by atoms with E-state index in [1.807, 2.05) is 0 Å². The van der Waals surface area contributed by atoms with Crippen LogP contribution in [-0.4, -0.2) is 39.7 Å². The molecule has 0 aliphatic rings. The average Bonchev–Trinajstić information content (AvgIpc) is 2.45. The van der Waals surface area contributed by atoms with Gasteiger partial charge in [0.1, 0.15) is 5.82 Å². The van der Waals surface area contributed by atoms with Gasteiger partial charge < -0.3 is 4.74 Å². The van der Waals surface area contributed by atoms with Gasteiger partial charge in [-0.05, 0) is 29.7 Å². The second-order valence-electron chi connectivity index (χ2n) is 6.37. The first-order valence-corrected chi connectivity index (χ1v) is 8.76. The van der Waals surface area contributed by atoms with Gasteiger partial charge >= 0.3 is 0 Å². The molecule has 7 heteroatoms. The van der Waals surface area contributed by atoms with Gasteiger partial charge in [-0.3, -0.25) is 9.62 Å². The number of nitrogens with zero attached hydrogens (tertiary/aromatic N) is 1. The van der Waals surface area contributed by atoms with Crippen LogP contribution in [0, 0.1) is 11.2 Å². The van der Waals surface area contributed by atoms with Crippen molar-refractivity contribution < 1.29 is 17.5 Å². The van der Waals surface area contributed by atoms with E-state index in [9.17, 15) is 12.8 Å². The lowest BCUT2D eigenvalue weighted by atomic mass is 9.99. The van der Waals surface area contributed by atoms with Gasteiger partial charge in [0.15, 0.2) is 0 Å². The topological polar surface area (TPSA) is 58.6 Å². The third-order valence-corrected chi connectivity index (χ3v) is 4.56. The van der Waals surface area contributed by atoms with E-state index in [0.717, 1.165) is 16.4 Å². The zero-order valence-electron chi connectivity index (χ0n) is 14.0. The Balaban J connectivity index is 2.43. The molecule has 0 bridgehead atoms. The minimum Gasteiger partial charge on any atom is -0.366 e. The van der Waals surface area contributed by atoms with Crippen LogP contribution >= 0.6 is 0 Å². The second kappa shape index (κ2) is 8.42. The summed E-state index contributed by atoms with van der Waals surface area (Å²) in [4.78, 5) is 0.0486. The van der Waals surface area contributed by atoms with Crippen LogP contribution < -0.4 is 5.32 Å². The van der Waals surface area contributed by atoms with Gasteiger partial charge in [-0.15, -0.1) is 0 Å². The lowest BCUT2D eigenvalue weighted by molar-refractivity contribution is 0.0607. The van der Waals surface area contributed by atoms with Gasteiger partial charge in [0, 0.05) is 19.8 Å². The van der Waals surface area contributed by atoms with Crippen LogP contribution in [0.1, 0.15) is 20.8 Å². The van der Waals surface area contributed by atoms with Crippen LogP contribution in [0.2, 0.25) is 0 Å². The normalized spacial score (nSPS) is 12.7. The summed E-state index contributed by atoms with van der Waals surface area (Å²) in [7, 11) is -2.22. The predicted octanol–water partition coefficient (Wildman–Crippen LogP) is 2.57. The molecule has 1 rings (SSSR count). The Kier molecular flexibility index (Phi) is 7.18. The first-order chi connectivity index (χ1) is 10.6. The van der Waals surface area contributed by atoms with Gasteiger partial charge in [0.05, 0.1) is 18.2 Å². The van der Waals surface area contributed by atoms with Crippen LogP contribution in [0.4, 0.5) is 4.39 Å². The van der Waals surface area contributed by atoms with Gasteiger partial charge in [-0.1, -0.05) is 26.8 Å². The van der Waals surface area contributed by atoms with Crippen LogP contribution in [0.5, 0.6) is 0 Å². The molecule has 0 unspecified atom stereocenters. The van der Waals surface area contributed by atoms with Crippen molar-refractivity contribution in [3.63, 3.8) is 0 Å². The van der Waals surface area contributed by atoms with E-state index >= 15 is 0 Å². The zero-order chi connectivity index (χ0) is 17.5. The highest BCUT2D eigenvalue weighted by molar-refractivity contribution is 7.89. The van der Waals surface area contributed by atoms with E-state index in [1.54, 1.807) is 6.08 Å². The SMILES string of the molecule is CN(C=CCNCOCC(C)(C)C)S(=O)(=O)c1ccc(F)cc1. The Hall–Kier alpha value is -1.44. The smallest absolute Gasteiger partial charge is 0.263 e. The highest BCUT2D eigenvalue weighted by atomic mass is 32.2. The van der Waals surface area contributed by atoms with Crippen LogP contribution in [0.15, 0.2) is 41.4 Å². The summed E-state index contributed by atoms with van der Waals surface area (Å²) in [5.74, 6) is -0.471. The molecule has 0 aliphatic carbocycles. The molecular formula is C16H25FN2O3S. The highest BCUT2D eigenvalue weighted by Crippen LogP contribution is 2.15. The fourth-order valence-electron chi connectivity index (χ4n) is 1.63. The lowest BCUT2D eigenvalue weighted by Crippen LogP contribution is -2.24. The summed E-state index contributed by atoms with van der Waals surface area (Å²) in [6.07, 6.45) is 3.14. The van der Waals surface area contributed by atoms with E-state index < -0.39 is 15.8 Å². The number of nitrogens with one attached hydrogen (secondary N) is 1. The van der Waals surface area contributed by atoms with Gasteiger partial charge in [-0.2, -0.15) is 0 Å². The van der Waals surface area contributed by atoms with Crippen molar-refractivity contribution in [3.8, 4) is 0 Å². The first kappa shape index (κ1) is 19.6. The summed E-state index contributed by atoms with van der Waals surface area (Å²) in [5.41, 5.74) is 0.112. The number of rotatable bonds is 8. The van der Waals surface area contributed by atoms with Gasteiger partial charge in [-0.25, -0.2) is 12.8 Å². The van der Waals surface area contributed by atoms with Crippen molar-refractivity contribution in [2.45, 2.75) is 25.7 Å². The van der Waals surface area contributed by atoms with Crippen molar-refractivity contribution in [2.75, 3.05) is 26.9 Å². The molecule has 0 spiro atoms. The molecule has 0 radical (unpaired) electrons. The molecule has 1 N–H and O–H groups in total. The maximum atomic E-state index is 12.9. The molecule has 0 saturated carbocycles. The Morgan fingerprint density at radius 1 is 1.26 bits per heavy atom. The third-order valence-electron chi connectivity index (χ3n) is 2.81. The van der Waals surface area contributed by atoms with E-state index in [4.69, 9.17) is 4.74 Å². The van der Waals surface area contributed by atoms with Crippen molar-refractivity contribution in [2.24, 2.45) is 5.41 Å². The third kappa shape index (κ3) is 7.11. The maximum absolute atomic E-state index is 12.9. The van der Waals surface area contributed by atoms with E-state index in [2.05, 4.69) is 26.1 Å². The summed E-state index contributed by atoms with van der Waals surface area (Å²) in [6, 6.07) is 4.73. The number of sulfonamides is 1. The van der Waals surface area contributed by atoms with Crippen molar-refractivity contribution in [1.29, 1.82) is 0 Å². The highest BCUT2D eigenvalue weighted by Gasteiger charge is 2.17. The van der Waals surface area contributed by atoms with Crippen molar-refractivity contribution in [1.82, 2.24) is 9.62 Å². The quantitative estimate of drug-likeness (QED) is 0.582. The minimum absolute atomic E-state index is 0.0486. The van der Waals surface area contributed by atoms with Crippen LogP contribution in [-0.2, 0) is 14.8 Å². The molecule has 1 aromatic carbocycles. The molecule has 0 amide bonds. The van der Waals surface area contributed by atoms with Crippen LogP contribution in [0.3, 0.4) is 0 Å². The molecule has 0 heterocycles. The Morgan fingerprint density at radius 2 is 1.87 bits per heavy atom. The first-order valence-electron chi connectivity index (χ1n) is 7.32. The fraction of sp³-hybridized carbons (Fsp3) is 0.500. The summed E-state index contributed by atoms with van der Waals surface area (Å²) >= 11 is 0. The lowest BCUT2D eigenvalue weighted by Gasteiger charge is -2.18. The number of ether oxygens (including phenoxy) is 1. The van der Waals surface area contributed by atoms with E-state index in [-0.39, 0.29) is 10.3 Å². The Labute approximate surface area is 138 Å². The molecule has 5 nitrogen and oxygen atoms in total. The van der Waals surface area contributed by atoms with E-state index in [0.29, 0.717) is 19.9 Å². The predicted molar refractivity (Wildman–Crippen MR) is 88.8 cm³/mol. The Morgan fingerprint density at radius 3 is 2.43 bits per heavy atom. The number of hydrogen-bond donors (Lipinski definition) is 1. The summed E-state index contributed by atoms with van der Waals surface area (Å²) in [6.45, 7) is 7.78. The van der Waals surface area contributed by atoms with Crippen molar-refractivity contribution >= 4 is 10.0 Å². The largest absolute Gasteiger partial charge is 0.366 e. The zero-order valence-corrected chi connectivity index (χ0v) is 14.9. The minimum atomic E-state index is -3.65. The standard InChI is InChI=1S/C16H25FN2O3S/c1-16(2,3)12-22-13-18-10-5-11-19(4)23(20,21)15-8-6-14(17)7-9-15/h5-9,11,18H,10,12-13H2,1-4H3. The molecular weight excluding hydrogens is 319 g/mol. The van der Waals surface area contributed by atoms with Gasteiger partial charge in [0.2, 0.25) is 0 Å². The van der Waals surface area contributed by atoms with Gasteiger partial charge in [0.25, 0.3) is 10.0 Å². The number of halogens is 1. The molecule has 0 fully saturated rings. The fourth-order valence-corrected chi connectivity index (χ4v) is 2.68. The number of benzene rings is 1. The molecule has 0 atom stereocenters. The second-order valence-corrected chi connectivity index (χ2v) is 8.37. The molecule has 130 valence electrons. The summed E-state index contributed by atoms with van der Waals surface area (Å²) in [5, 5.41) is 3.03. The molecule has 0 aliphatic heterocycles. The van der Waals surface area contributed by atoms with Crippen LogP contribution in [0.25, 0.3) is 0 Å². The molecule has 0 aromatic heterocycles. The Bertz CT molecular complexity index is 607. The number of hydrogen-bond acceptors (Lipinski definition) is 4. The van der Waals surface area contributed by atoms with Crippen molar-refractivity contribution in [3.05, 3.63) is 42.4 Å². The summed E-state index contributed by atoms with van der Waals surface area (Å²) < 4.78 is 43.8. The average molecular weight is 344 g/mol. The monoisotopic (exact) mass is 344 g/mol.